The van der Waals surface area contributed by atoms with Gasteiger partial charge in [0, 0.05) is 5.56 Å². The largest absolute Gasteiger partial charge is 0.495 e. The van der Waals surface area contributed by atoms with E-state index in [2.05, 4.69) is 63.0 Å². The number of rotatable bonds is 4. The molecular weight excluding hydrogens is 384 g/mol. The molecule has 0 saturated carbocycles. The summed E-state index contributed by atoms with van der Waals surface area (Å²) in [5, 5.41) is 0. The average Bonchev–Trinajstić information content (AvgIpc) is 2.46. The van der Waals surface area contributed by atoms with E-state index in [0.29, 0.717) is 0 Å². The lowest BCUT2D eigenvalue weighted by atomic mass is 10.0. The van der Waals surface area contributed by atoms with Gasteiger partial charge in [0.2, 0.25) is 0 Å². The lowest BCUT2D eigenvalue weighted by Crippen LogP contribution is -1.99. The van der Waals surface area contributed by atoms with Gasteiger partial charge in [-0.25, -0.2) is 0 Å². The third kappa shape index (κ3) is 3.01. The Morgan fingerprint density at radius 3 is 2.40 bits per heavy atom. The number of halogens is 2. The van der Waals surface area contributed by atoms with Crippen LogP contribution in [0.4, 0.5) is 0 Å². The van der Waals surface area contributed by atoms with Gasteiger partial charge >= 0.3 is 0 Å². The summed E-state index contributed by atoms with van der Waals surface area (Å²) in [6, 6.07) is 12.4. The van der Waals surface area contributed by atoms with E-state index in [-0.39, 0.29) is 4.83 Å². The highest BCUT2D eigenvalue weighted by Crippen LogP contribution is 2.44. The van der Waals surface area contributed by atoms with Crippen LogP contribution in [-0.2, 0) is 0 Å². The molecular formula is C16H16Br2O2. The van der Waals surface area contributed by atoms with E-state index >= 15 is 0 Å². The summed E-state index contributed by atoms with van der Waals surface area (Å²) < 4.78 is 11.7. The maximum atomic E-state index is 5.53. The van der Waals surface area contributed by atoms with Crippen LogP contribution in [0.25, 0.3) is 0 Å². The number of benzene rings is 2. The zero-order valence-corrected chi connectivity index (χ0v) is 14.8. The molecule has 2 nitrogen and oxygen atoms in total. The first-order chi connectivity index (χ1) is 9.58. The number of aryl methyl sites for hydroxylation is 1. The number of methoxy groups -OCH3 is 2. The quantitative estimate of drug-likeness (QED) is 0.653. The van der Waals surface area contributed by atoms with E-state index in [1.807, 2.05) is 12.1 Å². The third-order valence-electron chi connectivity index (χ3n) is 3.12. The maximum absolute atomic E-state index is 5.53. The average molecular weight is 400 g/mol. The molecule has 4 heteroatoms. The molecule has 2 rings (SSSR count). The van der Waals surface area contributed by atoms with Crippen molar-refractivity contribution < 1.29 is 9.47 Å². The van der Waals surface area contributed by atoms with Crippen molar-refractivity contribution in [2.45, 2.75) is 11.8 Å². The van der Waals surface area contributed by atoms with Crippen LogP contribution in [0.15, 0.2) is 40.9 Å². The second-order valence-corrected chi connectivity index (χ2v) is 6.19. The van der Waals surface area contributed by atoms with Crippen molar-refractivity contribution in [3.05, 3.63) is 57.6 Å². The third-order valence-corrected chi connectivity index (χ3v) is 4.90. The predicted molar refractivity (Wildman–Crippen MR) is 89.2 cm³/mol. The second kappa shape index (κ2) is 6.64. The van der Waals surface area contributed by atoms with Crippen LogP contribution in [0, 0.1) is 6.92 Å². The molecule has 0 saturated heterocycles. The van der Waals surface area contributed by atoms with Crippen molar-refractivity contribution in [3.8, 4) is 11.5 Å². The molecule has 1 unspecified atom stereocenters. The van der Waals surface area contributed by atoms with Crippen LogP contribution >= 0.6 is 31.9 Å². The van der Waals surface area contributed by atoms with Crippen LogP contribution in [0.5, 0.6) is 11.5 Å². The number of alkyl halides is 1. The van der Waals surface area contributed by atoms with Crippen LogP contribution < -0.4 is 9.47 Å². The molecule has 0 aliphatic rings. The van der Waals surface area contributed by atoms with Crippen molar-refractivity contribution in [1.82, 2.24) is 0 Å². The molecule has 2 aromatic carbocycles. The lowest BCUT2D eigenvalue weighted by Gasteiger charge is -2.18. The minimum atomic E-state index is 0.0690. The van der Waals surface area contributed by atoms with Crippen molar-refractivity contribution in [2.75, 3.05) is 14.2 Å². The first-order valence-electron chi connectivity index (χ1n) is 6.19. The SMILES string of the molecule is COc1ccc(C(Br)c2cccc(C)c2)c(OC)c1Br. The summed E-state index contributed by atoms with van der Waals surface area (Å²) in [6.07, 6.45) is 0. The van der Waals surface area contributed by atoms with Gasteiger partial charge in [0.15, 0.2) is 0 Å². The van der Waals surface area contributed by atoms with Gasteiger partial charge in [0.1, 0.15) is 16.0 Å². The Morgan fingerprint density at radius 1 is 1.05 bits per heavy atom. The Hall–Kier alpha value is -1.00. The van der Waals surface area contributed by atoms with Gasteiger partial charge < -0.3 is 9.47 Å². The van der Waals surface area contributed by atoms with Crippen LogP contribution in [0.3, 0.4) is 0 Å². The van der Waals surface area contributed by atoms with E-state index in [1.54, 1.807) is 14.2 Å². The van der Waals surface area contributed by atoms with Crippen LogP contribution in [0.1, 0.15) is 21.5 Å². The van der Waals surface area contributed by atoms with E-state index < -0.39 is 0 Å². The molecule has 0 amide bonds. The first-order valence-corrected chi connectivity index (χ1v) is 7.90. The standard InChI is InChI=1S/C16H16Br2O2/c1-10-5-4-6-11(9-10)14(17)12-7-8-13(19-2)15(18)16(12)20-3/h4-9,14H,1-3H3. The summed E-state index contributed by atoms with van der Waals surface area (Å²) >= 11 is 7.30. The molecule has 20 heavy (non-hydrogen) atoms. The monoisotopic (exact) mass is 398 g/mol. The minimum Gasteiger partial charge on any atom is -0.495 e. The van der Waals surface area contributed by atoms with Crippen molar-refractivity contribution >= 4 is 31.9 Å². The molecule has 2 aromatic rings. The first kappa shape index (κ1) is 15.4. The molecule has 0 aliphatic heterocycles. The highest BCUT2D eigenvalue weighted by atomic mass is 79.9. The normalized spacial score (nSPS) is 12.1. The fourth-order valence-electron chi connectivity index (χ4n) is 2.12. The molecule has 1 atom stereocenters. The van der Waals surface area contributed by atoms with Gasteiger partial charge in [-0.15, -0.1) is 0 Å². The second-order valence-electron chi connectivity index (χ2n) is 4.48. The summed E-state index contributed by atoms with van der Waals surface area (Å²) in [5.74, 6) is 1.54. The lowest BCUT2D eigenvalue weighted by molar-refractivity contribution is 0.386. The Kier molecular flexibility index (Phi) is 5.11. The van der Waals surface area contributed by atoms with Crippen molar-refractivity contribution in [3.63, 3.8) is 0 Å². The van der Waals surface area contributed by atoms with Gasteiger partial charge in [-0.3, -0.25) is 0 Å². The zero-order chi connectivity index (χ0) is 14.7. The van der Waals surface area contributed by atoms with Gasteiger partial charge in [-0.2, -0.15) is 0 Å². The summed E-state index contributed by atoms with van der Waals surface area (Å²) in [4.78, 5) is 0.0690. The highest BCUT2D eigenvalue weighted by molar-refractivity contribution is 9.10. The molecule has 0 radical (unpaired) electrons. The van der Waals surface area contributed by atoms with E-state index in [4.69, 9.17) is 9.47 Å². The molecule has 0 spiro atoms. The van der Waals surface area contributed by atoms with Gasteiger partial charge in [-0.05, 0) is 34.5 Å². The van der Waals surface area contributed by atoms with E-state index in [9.17, 15) is 0 Å². The minimum absolute atomic E-state index is 0.0690. The summed E-state index contributed by atoms with van der Waals surface area (Å²) in [6.45, 7) is 2.09. The number of ether oxygens (including phenoxy) is 2. The van der Waals surface area contributed by atoms with Crippen molar-refractivity contribution in [1.29, 1.82) is 0 Å². The Morgan fingerprint density at radius 2 is 1.80 bits per heavy atom. The molecule has 0 bridgehead atoms. The van der Waals surface area contributed by atoms with Gasteiger partial charge in [-0.1, -0.05) is 51.8 Å². The predicted octanol–water partition coefficient (Wildman–Crippen LogP) is 5.26. The Labute approximate surface area is 136 Å². The van der Waals surface area contributed by atoms with E-state index in [0.717, 1.165) is 21.5 Å². The van der Waals surface area contributed by atoms with E-state index in [1.165, 1.54) is 11.1 Å². The molecule has 106 valence electrons. The number of hydrogen-bond donors (Lipinski definition) is 0. The van der Waals surface area contributed by atoms with Crippen LogP contribution in [0.2, 0.25) is 0 Å². The summed E-state index contributed by atoms with van der Waals surface area (Å²) in [7, 11) is 3.31. The Balaban J connectivity index is 2.49. The molecule has 0 heterocycles. The zero-order valence-electron chi connectivity index (χ0n) is 11.6. The molecule has 0 aromatic heterocycles. The molecule has 0 fully saturated rings. The highest BCUT2D eigenvalue weighted by Gasteiger charge is 2.19. The number of hydrogen-bond acceptors (Lipinski definition) is 2. The molecule has 0 aliphatic carbocycles. The summed E-state index contributed by atoms with van der Waals surface area (Å²) in [5.41, 5.74) is 3.49. The Bertz CT molecular complexity index is 611. The molecule has 0 N–H and O–H groups in total. The topological polar surface area (TPSA) is 18.5 Å². The smallest absolute Gasteiger partial charge is 0.141 e. The van der Waals surface area contributed by atoms with Crippen molar-refractivity contribution in [2.24, 2.45) is 0 Å². The fraction of sp³-hybridized carbons (Fsp3) is 0.250. The van der Waals surface area contributed by atoms with Gasteiger partial charge in [0.25, 0.3) is 0 Å². The van der Waals surface area contributed by atoms with Crippen LogP contribution in [-0.4, -0.2) is 14.2 Å². The maximum Gasteiger partial charge on any atom is 0.141 e. The fourth-order valence-corrected chi connectivity index (χ4v) is 3.46. The van der Waals surface area contributed by atoms with Gasteiger partial charge in [0.05, 0.1) is 19.0 Å².